The fraction of sp³-hybridized carbons (Fsp3) is 0.429. The lowest BCUT2D eigenvalue weighted by molar-refractivity contribution is -0.121. The van der Waals surface area contributed by atoms with Crippen molar-refractivity contribution < 1.29 is 9.59 Å². The summed E-state index contributed by atoms with van der Waals surface area (Å²) in [4.78, 5) is 36.9. The molecule has 0 unspecified atom stereocenters. The normalized spacial score (nSPS) is 10.4. The number of H-pyrrole nitrogens is 2. The first-order chi connectivity index (χ1) is 11.2. The van der Waals surface area contributed by atoms with Crippen LogP contribution < -0.4 is 16.0 Å². The van der Waals surface area contributed by atoms with Gasteiger partial charge in [0.05, 0.1) is 25.7 Å². The Bertz CT molecular complexity index is 528. The molecule has 0 saturated heterocycles. The number of aromatic nitrogens is 4. The number of amides is 2. The summed E-state index contributed by atoms with van der Waals surface area (Å²) in [6.07, 6.45) is 8.03. The number of rotatable bonds is 10. The predicted molar refractivity (Wildman–Crippen MR) is 83.5 cm³/mol. The van der Waals surface area contributed by atoms with Gasteiger partial charge < -0.3 is 20.6 Å². The van der Waals surface area contributed by atoms with Crippen LogP contribution in [-0.4, -0.2) is 57.9 Å². The van der Waals surface area contributed by atoms with Gasteiger partial charge in [-0.05, 0) is 0 Å². The monoisotopic (exact) mass is 319 g/mol. The van der Waals surface area contributed by atoms with Crippen LogP contribution in [0.4, 0.5) is 0 Å². The maximum absolute atomic E-state index is 11.6. The maximum Gasteiger partial charge on any atom is 0.233 e. The third-order valence-corrected chi connectivity index (χ3v) is 3.11. The molecule has 0 saturated carbocycles. The Kier molecular flexibility index (Phi) is 6.79. The first-order valence-electron chi connectivity index (χ1n) is 7.42. The average molecular weight is 319 g/mol. The quantitative estimate of drug-likeness (QED) is 0.373. The van der Waals surface area contributed by atoms with Crippen LogP contribution in [-0.2, 0) is 22.4 Å². The van der Waals surface area contributed by atoms with Crippen molar-refractivity contribution in [2.24, 2.45) is 0 Å². The zero-order chi connectivity index (χ0) is 16.3. The lowest BCUT2D eigenvalue weighted by atomic mass is 10.3. The molecule has 2 rings (SSSR count). The standard InChI is InChI=1S/C14H21N7O2/c22-13(18-3-1-11-5-16-9-20-11)7-15-8-14(23)19-4-2-12-6-17-10-21-12/h5-6,9-10,15H,1-4,7-8H2,(H,16,20)(H,17,21)(H,18,22)(H,19,23). The molecule has 2 aromatic heterocycles. The van der Waals surface area contributed by atoms with Gasteiger partial charge in [-0.15, -0.1) is 0 Å². The third kappa shape index (κ3) is 6.74. The van der Waals surface area contributed by atoms with E-state index in [4.69, 9.17) is 0 Å². The van der Waals surface area contributed by atoms with Crippen molar-refractivity contribution in [3.63, 3.8) is 0 Å². The minimum atomic E-state index is -0.144. The van der Waals surface area contributed by atoms with Gasteiger partial charge in [-0.25, -0.2) is 9.97 Å². The Hall–Kier alpha value is -2.68. The van der Waals surface area contributed by atoms with Gasteiger partial charge in [0.25, 0.3) is 0 Å². The molecule has 0 aliphatic rings. The highest BCUT2D eigenvalue weighted by molar-refractivity contribution is 5.81. The van der Waals surface area contributed by atoms with Crippen molar-refractivity contribution in [2.75, 3.05) is 26.2 Å². The molecule has 5 N–H and O–H groups in total. The van der Waals surface area contributed by atoms with Gasteiger partial charge in [-0.3, -0.25) is 14.9 Å². The van der Waals surface area contributed by atoms with E-state index in [-0.39, 0.29) is 24.9 Å². The van der Waals surface area contributed by atoms with Crippen LogP contribution in [0.3, 0.4) is 0 Å². The van der Waals surface area contributed by atoms with E-state index in [0.29, 0.717) is 25.9 Å². The van der Waals surface area contributed by atoms with E-state index in [1.54, 1.807) is 25.0 Å². The van der Waals surface area contributed by atoms with Crippen LogP contribution >= 0.6 is 0 Å². The van der Waals surface area contributed by atoms with Gasteiger partial charge >= 0.3 is 0 Å². The van der Waals surface area contributed by atoms with Crippen molar-refractivity contribution in [1.29, 1.82) is 0 Å². The molecule has 0 aliphatic heterocycles. The highest BCUT2D eigenvalue weighted by atomic mass is 16.2. The molecule has 2 heterocycles. The maximum atomic E-state index is 11.6. The molecule has 124 valence electrons. The highest BCUT2D eigenvalue weighted by Gasteiger charge is 2.04. The second-order valence-electron chi connectivity index (χ2n) is 4.96. The van der Waals surface area contributed by atoms with E-state index in [0.717, 1.165) is 11.4 Å². The molecular formula is C14H21N7O2. The smallest absolute Gasteiger partial charge is 0.233 e. The molecule has 23 heavy (non-hydrogen) atoms. The molecular weight excluding hydrogens is 298 g/mol. The SMILES string of the molecule is O=C(CNCC(=O)NCCc1cnc[nH]1)NCCc1cnc[nH]1. The predicted octanol–water partition coefficient (Wildman–Crippen LogP) is -1.26. The van der Waals surface area contributed by atoms with Crippen molar-refractivity contribution in [3.05, 3.63) is 36.4 Å². The summed E-state index contributed by atoms with van der Waals surface area (Å²) in [5.74, 6) is -0.287. The van der Waals surface area contributed by atoms with Gasteiger partial charge in [0.2, 0.25) is 11.8 Å². The second-order valence-corrected chi connectivity index (χ2v) is 4.96. The van der Waals surface area contributed by atoms with E-state index in [2.05, 4.69) is 35.9 Å². The molecule has 0 aromatic carbocycles. The van der Waals surface area contributed by atoms with Crippen molar-refractivity contribution in [1.82, 2.24) is 35.9 Å². The number of carbonyl (C=O) groups excluding carboxylic acids is 2. The third-order valence-electron chi connectivity index (χ3n) is 3.11. The van der Waals surface area contributed by atoms with Gasteiger partial charge in [-0.1, -0.05) is 0 Å². The molecule has 0 radical (unpaired) electrons. The van der Waals surface area contributed by atoms with Crippen LogP contribution in [0, 0.1) is 0 Å². The fourth-order valence-corrected chi connectivity index (χ4v) is 1.93. The molecule has 9 nitrogen and oxygen atoms in total. The Balaban J connectivity index is 1.46. The molecule has 0 atom stereocenters. The molecule has 0 fully saturated rings. The Labute approximate surface area is 133 Å². The largest absolute Gasteiger partial charge is 0.355 e. The summed E-state index contributed by atoms with van der Waals surface area (Å²) in [6, 6.07) is 0. The van der Waals surface area contributed by atoms with Crippen LogP contribution in [0.1, 0.15) is 11.4 Å². The molecule has 0 spiro atoms. The molecule has 2 aromatic rings. The summed E-state index contributed by atoms with van der Waals surface area (Å²) < 4.78 is 0. The minimum absolute atomic E-state index is 0.108. The van der Waals surface area contributed by atoms with Gasteiger partial charge in [0.15, 0.2) is 0 Å². The van der Waals surface area contributed by atoms with Gasteiger partial charge in [0.1, 0.15) is 0 Å². The number of aromatic amines is 2. The minimum Gasteiger partial charge on any atom is -0.355 e. The Morgan fingerprint density at radius 3 is 1.74 bits per heavy atom. The fourth-order valence-electron chi connectivity index (χ4n) is 1.93. The molecule has 0 bridgehead atoms. The van der Waals surface area contributed by atoms with Crippen molar-refractivity contribution in [3.8, 4) is 0 Å². The number of hydrogen-bond donors (Lipinski definition) is 5. The number of nitrogens with zero attached hydrogens (tertiary/aromatic N) is 2. The summed E-state index contributed by atoms with van der Waals surface area (Å²) in [5.41, 5.74) is 1.94. The number of nitrogens with one attached hydrogen (secondary N) is 5. The lowest BCUT2D eigenvalue weighted by Gasteiger charge is -2.07. The van der Waals surface area contributed by atoms with Crippen molar-refractivity contribution in [2.45, 2.75) is 12.8 Å². The van der Waals surface area contributed by atoms with Crippen LogP contribution in [0.25, 0.3) is 0 Å². The number of hydrogen-bond acceptors (Lipinski definition) is 5. The highest BCUT2D eigenvalue weighted by Crippen LogP contribution is 1.91. The molecule has 2 amide bonds. The van der Waals surface area contributed by atoms with Gasteiger partial charge in [0, 0.05) is 49.7 Å². The van der Waals surface area contributed by atoms with Crippen LogP contribution in [0.2, 0.25) is 0 Å². The first-order valence-corrected chi connectivity index (χ1v) is 7.42. The van der Waals surface area contributed by atoms with Crippen molar-refractivity contribution >= 4 is 11.8 Å². The average Bonchev–Trinajstić information content (AvgIpc) is 3.20. The Morgan fingerprint density at radius 1 is 0.870 bits per heavy atom. The molecule has 9 heteroatoms. The van der Waals surface area contributed by atoms with E-state index in [1.165, 1.54) is 0 Å². The van der Waals surface area contributed by atoms with Crippen LogP contribution in [0.15, 0.2) is 25.0 Å². The summed E-state index contributed by atoms with van der Waals surface area (Å²) in [6.45, 7) is 1.27. The van der Waals surface area contributed by atoms with E-state index in [9.17, 15) is 9.59 Å². The van der Waals surface area contributed by atoms with E-state index in [1.807, 2.05) is 0 Å². The summed E-state index contributed by atoms with van der Waals surface area (Å²) in [7, 11) is 0. The summed E-state index contributed by atoms with van der Waals surface area (Å²) in [5, 5.41) is 8.34. The Morgan fingerprint density at radius 2 is 1.35 bits per heavy atom. The summed E-state index contributed by atoms with van der Waals surface area (Å²) >= 11 is 0. The number of carbonyl (C=O) groups is 2. The van der Waals surface area contributed by atoms with Crippen LogP contribution in [0.5, 0.6) is 0 Å². The van der Waals surface area contributed by atoms with Gasteiger partial charge in [-0.2, -0.15) is 0 Å². The zero-order valence-corrected chi connectivity index (χ0v) is 12.8. The second kappa shape index (κ2) is 9.36. The zero-order valence-electron chi connectivity index (χ0n) is 12.8. The topological polar surface area (TPSA) is 128 Å². The molecule has 0 aliphatic carbocycles. The first kappa shape index (κ1) is 16.7. The number of imidazole rings is 2. The van der Waals surface area contributed by atoms with E-state index < -0.39 is 0 Å². The van der Waals surface area contributed by atoms with E-state index >= 15 is 0 Å². The lowest BCUT2D eigenvalue weighted by Crippen LogP contribution is -2.40.